The summed E-state index contributed by atoms with van der Waals surface area (Å²) in [6.07, 6.45) is -0.618. The third kappa shape index (κ3) is 4.95. The number of aliphatic hydroxyl groups is 4. The second-order valence-electron chi connectivity index (χ2n) is 7.65. The van der Waals surface area contributed by atoms with Crippen molar-refractivity contribution in [2.24, 2.45) is 0 Å². The Bertz CT molecular complexity index is 494. The highest BCUT2D eigenvalue weighted by Crippen LogP contribution is 2.30. The average molecular weight is 407 g/mol. The summed E-state index contributed by atoms with van der Waals surface area (Å²) in [5, 5.41) is 43.5. The van der Waals surface area contributed by atoms with E-state index in [0.29, 0.717) is 6.04 Å². The molecule has 2 fully saturated rings. The van der Waals surface area contributed by atoms with Crippen molar-refractivity contribution in [2.45, 2.75) is 93.6 Å². The van der Waals surface area contributed by atoms with Crippen LogP contribution in [-0.4, -0.2) is 98.6 Å². The summed E-state index contributed by atoms with van der Waals surface area (Å²) < 4.78 is 5.72. The van der Waals surface area contributed by atoms with E-state index >= 15 is 0 Å². The Morgan fingerprint density at radius 1 is 1.26 bits per heavy atom. The lowest BCUT2D eigenvalue weighted by Gasteiger charge is -2.44. The fourth-order valence-electron chi connectivity index (χ4n) is 4.11. The number of nitrogens with zero attached hydrogens (tertiary/aromatic N) is 1. The number of hydrogen-bond donors (Lipinski definition) is 5. The first-order valence-corrected chi connectivity index (χ1v) is 10.9. The van der Waals surface area contributed by atoms with Gasteiger partial charge in [0.15, 0.2) is 0 Å². The van der Waals surface area contributed by atoms with Gasteiger partial charge in [0.05, 0.1) is 18.2 Å². The largest absolute Gasteiger partial charge is 0.391 e. The predicted octanol–water partition coefficient (Wildman–Crippen LogP) is -0.714. The van der Waals surface area contributed by atoms with Gasteiger partial charge in [0, 0.05) is 6.04 Å². The second kappa shape index (κ2) is 9.87. The van der Waals surface area contributed by atoms with Gasteiger partial charge in [-0.2, -0.15) is 0 Å². The molecule has 0 aliphatic carbocycles. The zero-order valence-electron chi connectivity index (χ0n) is 16.5. The summed E-state index contributed by atoms with van der Waals surface area (Å²) in [5.41, 5.74) is -0.755. The summed E-state index contributed by atoms with van der Waals surface area (Å²) in [6, 6.07) is -0.830. The first-order valence-electron chi connectivity index (χ1n) is 9.65. The summed E-state index contributed by atoms with van der Waals surface area (Å²) >= 11 is 1.20. The predicted molar refractivity (Wildman–Crippen MR) is 103 cm³/mol. The van der Waals surface area contributed by atoms with Crippen molar-refractivity contribution in [2.75, 3.05) is 13.3 Å². The minimum absolute atomic E-state index is 0.223. The van der Waals surface area contributed by atoms with Gasteiger partial charge in [0.1, 0.15) is 29.9 Å². The molecule has 0 saturated carbocycles. The van der Waals surface area contributed by atoms with Gasteiger partial charge in [0.25, 0.3) is 0 Å². The standard InChI is InChI=1S/C18H34N2O6S/c1-5-6-10-7-8-11(20(10)3)17(25)19-12(9(2)21)16-14(23)13(22)15(24)18(26-16)27-4/h9-16,18,21-24H,5-8H2,1-4H3,(H,19,25)/t9-,10-,11?,12-,13+,14-,15-,16-,18-/m1/s1. The molecule has 8 nitrogen and oxygen atoms in total. The average Bonchev–Trinajstić information content (AvgIpc) is 2.99. The van der Waals surface area contributed by atoms with Gasteiger partial charge in [-0.25, -0.2) is 0 Å². The van der Waals surface area contributed by atoms with Crippen molar-refractivity contribution in [3.05, 3.63) is 0 Å². The zero-order chi connectivity index (χ0) is 20.3. The number of ether oxygens (including phenoxy) is 1. The van der Waals surface area contributed by atoms with Gasteiger partial charge >= 0.3 is 0 Å². The Morgan fingerprint density at radius 3 is 2.48 bits per heavy atom. The lowest BCUT2D eigenvalue weighted by molar-refractivity contribution is -0.211. The monoisotopic (exact) mass is 406 g/mol. The van der Waals surface area contributed by atoms with Gasteiger partial charge in [-0.05, 0) is 39.5 Å². The van der Waals surface area contributed by atoms with Crippen LogP contribution in [0, 0.1) is 0 Å². The van der Waals surface area contributed by atoms with Crippen LogP contribution in [0.3, 0.4) is 0 Å². The highest BCUT2D eigenvalue weighted by Gasteiger charge is 2.48. The van der Waals surface area contributed by atoms with E-state index in [9.17, 15) is 25.2 Å². The number of aliphatic hydroxyl groups excluding tert-OH is 4. The van der Waals surface area contributed by atoms with Crippen molar-refractivity contribution < 1.29 is 30.0 Å². The Hall–Kier alpha value is -0.420. The minimum Gasteiger partial charge on any atom is -0.391 e. The van der Waals surface area contributed by atoms with E-state index in [0.717, 1.165) is 25.7 Å². The van der Waals surface area contributed by atoms with E-state index < -0.39 is 42.0 Å². The minimum atomic E-state index is -1.42. The van der Waals surface area contributed by atoms with Crippen LogP contribution >= 0.6 is 11.8 Å². The number of likely N-dealkylation sites (N-methyl/N-ethyl adjacent to an activating group) is 1. The van der Waals surface area contributed by atoms with E-state index in [1.54, 1.807) is 6.26 Å². The van der Waals surface area contributed by atoms with Crippen LogP contribution in [0.1, 0.15) is 39.5 Å². The molecular weight excluding hydrogens is 372 g/mol. The van der Waals surface area contributed by atoms with Crippen LogP contribution in [0.2, 0.25) is 0 Å². The normalized spacial score (nSPS) is 39.9. The molecule has 27 heavy (non-hydrogen) atoms. The molecule has 158 valence electrons. The van der Waals surface area contributed by atoms with Gasteiger partial charge in [-0.3, -0.25) is 9.69 Å². The van der Waals surface area contributed by atoms with E-state index in [4.69, 9.17) is 4.74 Å². The Morgan fingerprint density at radius 2 is 1.93 bits per heavy atom. The summed E-state index contributed by atoms with van der Waals surface area (Å²) in [7, 11) is 1.94. The van der Waals surface area contributed by atoms with Crippen LogP contribution in [0.25, 0.3) is 0 Å². The zero-order valence-corrected chi connectivity index (χ0v) is 17.3. The van der Waals surface area contributed by atoms with Crippen LogP contribution in [0.4, 0.5) is 0 Å². The number of amides is 1. The van der Waals surface area contributed by atoms with Crippen molar-refractivity contribution in [1.29, 1.82) is 0 Å². The molecule has 9 heteroatoms. The van der Waals surface area contributed by atoms with Crippen LogP contribution in [-0.2, 0) is 9.53 Å². The first kappa shape index (κ1) is 22.9. The summed E-state index contributed by atoms with van der Waals surface area (Å²) in [5.74, 6) is -0.223. The van der Waals surface area contributed by atoms with E-state index in [1.165, 1.54) is 18.7 Å². The molecule has 2 aliphatic heterocycles. The van der Waals surface area contributed by atoms with Crippen molar-refractivity contribution >= 4 is 17.7 Å². The first-order chi connectivity index (χ1) is 12.7. The molecule has 2 aliphatic rings. The molecule has 0 bridgehead atoms. The quantitative estimate of drug-likeness (QED) is 0.376. The number of nitrogens with one attached hydrogen (secondary N) is 1. The molecule has 9 atom stereocenters. The Balaban J connectivity index is 2.10. The maximum Gasteiger partial charge on any atom is 0.237 e. The SMILES string of the molecule is CCC[C@@H]1CCC(C(=O)N[C@@H]([C@H]2O[C@H](SC)[C@H](O)[C@@H](O)[C@H]2O)[C@@H](C)O)N1C. The molecule has 0 aromatic carbocycles. The van der Waals surface area contributed by atoms with Gasteiger partial charge in [-0.15, -0.1) is 11.8 Å². The molecule has 0 aromatic rings. The van der Waals surface area contributed by atoms with E-state index in [-0.39, 0.29) is 11.9 Å². The molecule has 1 unspecified atom stereocenters. The Labute approximate surface area is 165 Å². The lowest BCUT2D eigenvalue weighted by atomic mass is 9.92. The molecule has 2 rings (SSSR count). The molecule has 0 radical (unpaired) electrons. The second-order valence-corrected chi connectivity index (χ2v) is 8.59. The number of thioether (sulfide) groups is 1. The van der Waals surface area contributed by atoms with E-state index in [1.807, 2.05) is 7.05 Å². The highest BCUT2D eigenvalue weighted by atomic mass is 32.2. The smallest absolute Gasteiger partial charge is 0.237 e. The molecule has 0 aromatic heterocycles. The maximum atomic E-state index is 12.8. The molecule has 0 spiro atoms. The van der Waals surface area contributed by atoms with Crippen LogP contribution < -0.4 is 5.32 Å². The molecule has 2 heterocycles. The lowest BCUT2D eigenvalue weighted by Crippen LogP contribution is -2.65. The fourth-order valence-corrected chi connectivity index (χ4v) is 4.79. The van der Waals surface area contributed by atoms with Gasteiger partial charge in [-0.1, -0.05) is 13.3 Å². The maximum absolute atomic E-state index is 12.8. The number of carbonyl (C=O) groups excluding carboxylic acids is 1. The highest BCUT2D eigenvalue weighted by molar-refractivity contribution is 7.99. The van der Waals surface area contributed by atoms with Crippen molar-refractivity contribution in [1.82, 2.24) is 10.2 Å². The van der Waals surface area contributed by atoms with Gasteiger partial charge in [0.2, 0.25) is 5.91 Å². The third-order valence-electron chi connectivity index (χ3n) is 5.79. The topological polar surface area (TPSA) is 122 Å². The summed E-state index contributed by atoms with van der Waals surface area (Å²) in [4.78, 5) is 14.9. The van der Waals surface area contributed by atoms with Gasteiger partial charge < -0.3 is 30.5 Å². The Kier molecular flexibility index (Phi) is 8.35. The number of likely N-dealkylation sites (tertiary alicyclic amines) is 1. The van der Waals surface area contributed by atoms with E-state index in [2.05, 4.69) is 17.1 Å². The number of hydrogen-bond acceptors (Lipinski definition) is 8. The molecule has 5 N–H and O–H groups in total. The summed E-state index contributed by atoms with van der Waals surface area (Å²) in [6.45, 7) is 3.62. The molecular formula is C18H34N2O6S. The van der Waals surface area contributed by atoms with Crippen LogP contribution in [0.5, 0.6) is 0 Å². The van der Waals surface area contributed by atoms with Crippen molar-refractivity contribution in [3.63, 3.8) is 0 Å². The number of rotatable bonds is 7. The molecule has 1 amide bonds. The van der Waals surface area contributed by atoms with Crippen molar-refractivity contribution in [3.8, 4) is 0 Å². The third-order valence-corrected chi connectivity index (χ3v) is 6.64. The molecule has 2 saturated heterocycles. The number of carbonyl (C=O) groups is 1. The fraction of sp³-hybridized carbons (Fsp3) is 0.944. The van der Waals surface area contributed by atoms with Crippen LogP contribution in [0.15, 0.2) is 0 Å².